The zero-order valence-electron chi connectivity index (χ0n) is 15.4. The molecule has 0 amide bonds. The summed E-state index contributed by atoms with van der Waals surface area (Å²) >= 11 is 0. The van der Waals surface area contributed by atoms with Crippen molar-refractivity contribution in [1.29, 1.82) is 0 Å². The topological polar surface area (TPSA) is 24.5 Å². The van der Waals surface area contributed by atoms with E-state index in [0.29, 0.717) is 12.0 Å². The van der Waals surface area contributed by atoms with E-state index in [1.54, 1.807) is 0 Å². The van der Waals surface area contributed by atoms with Gasteiger partial charge < -0.3 is 15.0 Å². The Balaban J connectivity index is 2.21. The van der Waals surface area contributed by atoms with E-state index < -0.39 is 0 Å². The Morgan fingerprint density at radius 2 is 2.26 bits per heavy atom. The molecule has 1 saturated heterocycles. The van der Waals surface area contributed by atoms with Crippen LogP contribution in [0.25, 0.3) is 0 Å². The number of nitrogens with zero attached hydrogens (tertiary/aromatic N) is 1. The minimum Gasteiger partial charge on any atom is -0.385 e. The number of hydrogen-bond donors (Lipinski definition) is 1. The van der Waals surface area contributed by atoms with Crippen LogP contribution in [0.3, 0.4) is 0 Å². The maximum Gasteiger partial charge on any atom is 0.0701 e. The quantitative estimate of drug-likeness (QED) is 0.457. The van der Waals surface area contributed by atoms with Gasteiger partial charge in [-0.05, 0) is 57.3 Å². The number of nitrogens with one attached hydrogen (secondary N) is 1. The van der Waals surface area contributed by atoms with Crippen molar-refractivity contribution >= 4 is 0 Å². The molecule has 132 valence electrons. The van der Waals surface area contributed by atoms with Crippen LogP contribution >= 0.6 is 0 Å². The van der Waals surface area contributed by atoms with Gasteiger partial charge in [-0.15, -0.1) is 0 Å². The molecule has 1 fully saturated rings. The van der Waals surface area contributed by atoms with Crippen LogP contribution in [-0.4, -0.2) is 44.3 Å². The molecule has 0 aliphatic carbocycles. The van der Waals surface area contributed by atoms with Gasteiger partial charge in [0.2, 0.25) is 0 Å². The van der Waals surface area contributed by atoms with Crippen molar-refractivity contribution in [3.63, 3.8) is 0 Å². The first-order valence-electron chi connectivity index (χ1n) is 9.20. The average Bonchev–Trinajstić information content (AvgIpc) is 2.56. The first kappa shape index (κ1) is 20.0. The smallest absolute Gasteiger partial charge is 0.0701 e. The van der Waals surface area contributed by atoms with Crippen LogP contribution in [-0.2, 0) is 4.74 Å². The van der Waals surface area contributed by atoms with Gasteiger partial charge in [0.15, 0.2) is 0 Å². The molecule has 0 saturated carbocycles. The van der Waals surface area contributed by atoms with Gasteiger partial charge in [0, 0.05) is 25.4 Å². The van der Waals surface area contributed by atoms with Crippen molar-refractivity contribution in [1.82, 2.24) is 10.2 Å². The van der Waals surface area contributed by atoms with E-state index in [2.05, 4.69) is 49.8 Å². The first-order chi connectivity index (χ1) is 11.2. The van der Waals surface area contributed by atoms with E-state index in [9.17, 15) is 0 Å². The van der Waals surface area contributed by atoms with Crippen molar-refractivity contribution in [2.24, 2.45) is 5.92 Å². The van der Waals surface area contributed by atoms with Gasteiger partial charge in [-0.2, -0.15) is 0 Å². The van der Waals surface area contributed by atoms with Gasteiger partial charge in [0.1, 0.15) is 0 Å². The number of ether oxygens (including phenoxy) is 1. The molecule has 1 heterocycles. The van der Waals surface area contributed by atoms with Crippen molar-refractivity contribution in [2.45, 2.75) is 52.1 Å². The standard InChI is InChI=1S/C20H36N2O/c1-5-10-19(13-12-18(3)6-2)21-14-9-15-22(4)17-20-11-7-8-16-23-20/h5,10,12-13,18,20-21H,1,6-9,11,14-17H2,2-4H3/b13-12-,19-10+. The first-order valence-corrected chi connectivity index (χ1v) is 9.20. The molecule has 0 spiro atoms. The molecule has 3 heteroatoms. The Morgan fingerprint density at radius 3 is 2.91 bits per heavy atom. The van der Waals surface area contributed by atoms with Crippen LogP contribution in [0.4, 0.5) is 0 Å². The average molecular weight is 321 g/mol. The van der Waals surface area contributed by atoms with E-state index >= 15 is 0 Å². The highest BCUT2D eigenvalue weighted by molar-refractivity contribution is 5.21. The van der Waals surface area contributed by atoms with Gasteiger partial charge in [-0.1, -0.05) is 39.0 Å². The molecule has 2 atom stereocenters. The second-order valence-corrected chi connectivity index (χ2v) is 6.63. The minimum atomic E-state index is 0.441. The maximum atomic E-state index is 5.80. The van der Waals surface area contributed by atoms with Crippen LogP contribution < -0.4 is 5.32 Å². The summed E-state index contributed by atoms with van der Waals surface area (Å²) in [6, 6.07) is 0. The predicted molar refractivity (Wildman–Crippen MR) is 101 cm³/mol. The predicted octanol–water partition coefficient (Wildman–Crippen LogP) is 4.14. The van der Waals surface area contributed by atoms with E-state index in [1.165, 1.54) is 25.7 Å². The number of likely N-dealkylation sites (N-methyl/N-ethyl adjacent to an activating group) is 1. The van der Waals surface area contributed by atoms with Crippen LogP contribution in [0.2, 0.25) is 0 Å². The molecule has 1 rings (SSSR count). The van der Waals surface area contributed by atoms with E-state index in [0.717, 1.165) is 38.4 Å². The lowest BCUT2D eigenvalue weighted by Crippen LogP contribution is -2.34. The fourth-order valence-electron chi connectivity index (χ4n) is 2.68. The largest absolute Gasteiger partial charge is 0.385 e. The lowest BCUT2D eigenvalue weighted by atomic mass is 10.1. The van der Waals surface area contributed by atoms with Crippen molar-refractivity contribution in [3.05, 3.63) is 36.6 Å². The van der Waals surface area contributed by atoms with Gasteiger partial charge in [-0.3, -0.25) is 0 Å². The lowest BCUT2D eigenvalue weighted by molar-refractivity contribution is -0.00149. The Labute approximate surface area is 143 Å². The molecule has 23 heavy (non-hydrogen) atoms. The summed E-state index contributed by atoms with van der Waals surface area (Å²) in [6.07, 6.45) is 14.8. The van der Waals surface area contributed by atoms with Crippen LogP contribution in [0, 0.1) is 5.92 Å². The van der Waals surface area contributed by atoms with Gasteiger partial charge >= 0.3 is 0 Å². The van der Waals surface area contributed by atoms with E-state index in [-0.39, 0.29) is 0 Å². The fraction of sp³-hybridized carbons (Fsp3) is 0.700. The summed E-state index contributed by atoms with van der Waals surface area (Å²) in [5.74, 6) is 0.617. The molecule has 1 N–H and O–H groups in total. The van der Waals surface area contributed by atoms with E-state index in [1.807, 2.05) is 12.2 Å². The van der Waals surface area contributed by atoms with Crippen molar-refractivity contribution in [3.8, 4) is 0 Å². The molecule has 2 unspecified atom stereocenters. The van der Waals surface area contributed by atoms with Crippen molar-refractivity contribution in [2.75, 3.05) is 33.3 Å². The van der Waals surface area contributed by atoms with Crippen LogP contribution in [0.15, 0.2) is 36.6 Å². The third-order valence-corrected chi connectivity index (χ3v) is 4.38. The molecule has 0 aromatic rings. The van der Waals surface area contributed by atoms with Gasteiger partial charge in [-0.25, -0.2) is 0 Å². The molecule has 3 nitrogen and oxygen atoms in total. The Hall–Kier alpha value is -1.06. The molecule has 1 aliphatic heterocycles. The maximum absolute atomic E-state index is 5.80. The summed E-state index contributed by atoms with van der Waals surface area (Å²) < 4.78 is 5.80. The summed E-state index contributed by atoms with van der Waals surface area (Å²) in [6.45, 7) is 12.3. The molecule has 1 aliphatic rings. The zero-order chi connectivity index (χ0) is 16.9. The second kappa shape index (κ2) is 12.4. The van der Waals surface area contributed by atoms with Crippen LogP contribution in [0.1, 0.15) is 46.0 Å². The SMILES string of the molecule is C=C/C=C(\C=C/C(C)CC)NCCCN(C)CC1CCCCO1. The number of hydrogen-bond acceptors (Lipinski definition) is 3. The third-order valence-electron chi connectivity index (χ3n) is 4.38. The highest BCUT2D eigenvalue weighted by Gasteiger charge is 2.15. The molecule has 0 aromatic carbocycles. The molecular weight excluding hydrogens is 284 g/mol. The normalized spacial score (nSPS) is 20.9. The monoisotopic (exact) mass is 320 g/mol. The number of rotatable bonds is 11. The van der Waals surface area contributed by atoms with Gasteiger partial charge in [0.25, 0.3) is 0 Å². The highest BCUT2D eigenvalue weighted by Crippen LogP contribution is 2.13. The van der Waals surface area contributed by atoms with Crippen LogP contribution in [0.5, 0.6) is 0 Å². The summed E-state index contributed by atoms with van der Waals surface area (Å²) in [5, 5.41) is 3.50. The number of allylic oxidation sites excluding steroid dienone is 4. The minimum absolute atomic E-state index is 0.441. The Morgan fingerprint density at radius 1 is 1.43 bits per heavy atom. The van der Waals surface area contributed by atoms with Crippen molar-refractivity contribution < 1.29 is 4.74 Å². The molecular formula is C20H36N2O. The molecule has 0 aromatic heterocycles. The molecule has 0 radical (unpaired) electrons. The lowest BCUT2D eigenvalue weighted by Gasteiger charge is -2.27. The molecule has 0 bridgehead atoms. The Bertz CT molecular complexity index is 370. The fourth-order valence-corrected chi connectivity index (χ4v) is 2.68. The second-order valence-electron chi connectivity index (χ2n) is 6.63. The van der Waals surface area contributed by atoms with Gasteiger partial charge in [0.05, 0.1) is 6.10 Å². The summed E-state index contributed by atoms with van der Waals surface area (Å²) in [4.78, 5) is 2.39. The highest BCUT2D eigenvalue weighted by atomic mass is 16.5. The zero-order valence-corrected chi connectivity index (χ0v) is 15.4. The Kier molecular flexibility index (Phi) is 10.8. The summed E-state index contributed by atoms with van der Waals surface area (Å²) in [5.41, 5.74) is 1.15. The third kappa shape index (κ3) is 9.62. The van der Waals surface area contributed by atoms with E-state index in [4.69, 9.17) is 4.74 Å². The summed E-state index contributed by atoms with van der Waals surface area (Å²) in [7, 11) is 2.20.